The van der Waals surface area contributed by atoms with Crippen LogP contribution in [0.15, 0.2) is 52.9 Å². The standard InChI is InChI=1S/C13H8NO2/c15-10-5-3-4-9(8-10)13-14-11-6-1-2-7-12(11)16-13/h1-8H. The Morgan fingerprint density at radius 3 is 2.69 bits per heavy atom. The maximum absolute atomic E-state index is 11.2. The topological polar surface area (TPSA) is 45.9 Å². The monoisotopic (exact) mass is 210 g/mol. The molecular weight excluding hydrogens is 202 g/mol. The normalized spacial score (nSPS) is 10.8. The van der Waals surface area contributed by atoms with Crippen LogP contribution in [-0.4, -0.2) is 4.98 Å². The van der Waals surface area contributed by atoms with Gasteiger partial charge in [-0.15, -0.1) is 0 Å². The smallest absolute Gasteiger partial charge is 0.227 e. The van der Waals surface area contributed by atoms with E-state index in [1.807, 2.05) is 30.3 Å². The minimum Gasteiger partial charge on any atom is -0.436 e. The number of para-hydroxylation sites is 2. The lowest BCUT2D eigenvalue weighted by atomic mass is 10.2. The first-order valence-electron chi connectivity index (χ1n) is 4.96. The van der Waals surface area contributed by atoms with Gasteiger partial charge in [-0.05, 0) is 30.3 Å². The molecule has 0 aliphatic rings. The van der Waals surface area contributed by atoms with Gasteiger partial charge >= 0.3 is 0 Å². The minimum atomic E-state index is -0.0419. The number of aromatic nitrogens is 1. The molecule has 0 aliphatic carbocycles. The average molecular weight is 210 g/mol. The second-order valence-corrected chi connectivity index (χ2v) is 3.51. The lowest BCUT2D eigenvalue weighted by molar-refractivity contribution is 0.355. The number of rotatable bonds is 1. The number of oxazole rings is 1. The van der Waals surface area contributed by atoms with E-state index in [2.05, 4.69) is 4.98 Å². The van der Waals surface area contributed by atoms with E-state index in [0.717, 1.165) is 11.1 Å². The summed E-state index contributed by atoms with van der Waals surface area (Å²) in [4.78, 5) is 4.32. The zero-order valence-electron chi connectivity index (χ0n) is 8.38. The highest BCUT2D eigenvalue weighted by Crippen LogP contribution is 2.26. The Morgan fingerprint density at radius 1 is 1.00 bits per heavy atom. The summed E-state index contributed by atoms with van der Waals surface area (Å²) in [7, 11) is 0. The predicted molar refractivity (Wildman–Crippen MR) is 59.6 cm³/mol. The van der Waals surface area contributed by atoms with Gasteiger partial charge in [0.15, 0.2) is 11.3 Å². The van der Waals surface area contributed by atoms with Crippen LogP contribution >= 0.6 is 0 Å². The first kappa shape index (κ1) is 8.97. The Bertz CT molecular complexity index is 610. The summed E-state index contributed by atoms with van der Waals surface area (Å²) >= 11 is 0. The highest BCUT2D eigenvalue weighted by atomic mass is 16.3. The van der Waals surface area contributed by atoms with Crippen LogP contribution in [0.1, 0.15) is 0 Å². The van der Waals surface area contributed by atoms with Gasteiger partial charge in [0, 0.05) is 5.56 Å². The van der Waals surface area contributed by atoms with Gasteiger partial charge in [-0.25, -0.2) is 4.98 Å². The fourth-order valence-corrected chi connectivity index (χ4v) is 1.62. The quantitative estimate of drug-likeness (QED) is 0.615. The van der Waals surface area contributed by atoms with Gasteiger partial charge in [0.05, 0.1) is 0 Å². The predicted octanol–water partition coefficient (Wildman–Crippen LogP) is 3.64. The van der Waals surface area contributed by atoms with Crippen LogP contribution in [0.4, 0.5) is 0 Å². The third-order valence-corrected chi connectivity index (χ3v) is 2.37. The van der Waals surface area contributed by atoms with E-state index in [4.69, 9.17) is 4.42 Å². The van der Waals surface area contributed by atoms with E-state index in [-0.39, 0.29) is 5.75 Å². The van der Waals surface area contributed by atoms with Gasteiger partial charge in [-0.3, -0.25) is 5.11 Å². The van der Waals surface area contributed by atoms with Crippen LogP contribution in [0, 0.1) is 0 Å². The molecule has 0 aliphatic heterocycles. The summed E-state index contributed by atoms with van der Waals surface area (Å²) in [5, 5.41) is 11.2. The molecule has 77 valence electrons. The minimum absolute atomic E-state index is 0.0419. The number of hydrogen-bond donors (Lipinski definition) is 0. The molecule has 0 saturated heterocycles. The molecule has 1 aromatic heterocycles. The van der Waals surface area contributed by atoms with Crippen molar-refractivity contribution < 1.29 is 9.52 Å². The molecule has 0 fully saturated rings. The third-order valence-electron chi connectivity index (χ3n) is 2.37. The summed E-state index contributed by atoms with van der Waals surface area (Å²) in [5.74, 6) is 0.443. The molecule has 3 aromatic rings. The summed E-state index contributed by atoms with van der Waals surface area (Å²) in [6, 6.07) is 14.1. The molecule has 3 heteroatoms. The van der Waals surface area contributed by atoms with Gasteiger partial charge in [0.25, 0.3) is 0 Å². The van der Waals surface area contributed by atoms with E-state index in [1.54, 1.807) is 6.07 Å². The van der Waals surface area contributed by atoms with Gasteiger partial charge in [-0.2, -0.15) is 0 Å². The lowest BCUT2D eigenvalue weighted by Gasteiger charge is -1.93. The number of fused-ring (bicyclic) bond motifs is 1. The molecule has 16 heavy (non-hydrogen) atoms. The van der Waals surface area contributed by atoms with Crippen LogP contribution in [0.3, 0.4) is 0 Å². The van der Waals surface area contributed by atoms with Crippen LogP contribution in [-0.2, 0) is 5.11 Å². The van der Waals surface area contributed by atoms with Crippen LogP contribution in [0.25, 0.3) is 22.6 Å². The van der Waals surface area contributed by atoms with Crippen LogP contribution < -0.4 is 0 Å². The molecule has 0 saturated carbocycles. The average Bonchev–Trinajstić information content (AvgIpc) is 2.72. The van der Waals surface area contributed by atoms with Crippen molar-refractivity contribution in [2.45, 2.75) is 0 Å². The number of benzene rings is 2. The van der Waals surface area contributed by atoms with Crippen molar-refractivity contribution in [2.75, 3.05) is 0 Å². The molecule has 3 rings (SSSR count). The first-order valence-corrected chi connectivity index (χ1v) is 4.96. The maximum Gasteiger partial charge on any atom is 0.227 e. The molecule has 1 heterocycles. The van der Waals surface area contributed by atoms with Crippen molar-refractivity contribution in [1.82, 2.24) is 4.98 Å². The van der Waals surface area contributed by atoms with Crippen LogP contribution in [0.5, 0.6) is 5.75 Å². The Labute approximate surface area is 92.0 Å². The van der Waals surface area contributed by atoms with Crippen molar-refractivity contribution in [3.63, 3.8) is 0 Å². The van der Waals surface area contributed by atoms with Crippen molar-refractivity contribution in [3.8, 4) is 17.2 Å². The molecule has 1 radical (unpaired) electrons. The molecule has 2 aromatic carbocycles. The number of hydrogen-bond acceptors (Lipinski definition) is 2. The summed E-state index contributed by atoms with van der Waals surface area (Å²) in [6.45, 7) is 0. The molecule has 0 N–H and O–H groups in total. The maximum atomic E-state index is 11.2. The summed E-state index contributed by atoms with van der Waals surface area (Å²) < 4.78 is 5.56. The molecule has 3 nitrogen and oxygen atoms in total. The van der Waals surface area contributed by atoms with Gasteiger partial charge in [0.1, 0.15) is 5.52 Å². The van der Waals surface area contributed by atoms with Crippen molar-refractivity contribution in [2.24, 2.45) is 0 Å². The summed E-state index contributed by atoms with van der Waals surface area (Å²) in [5.41, 5.74) is 2.24. The molecule has 0 amide bonds. The fourth-order valence-electron chi connectivity index (χ4n) is 1.62. The van der Waals surface area contributed by atoms with Crippen molar-refractivity contribution in [3.05, 3.63) is 48.5 Å². The Hall–Kier alpha value is -2.29. The van der Waals surface area contributed by atoms with E-state index >= 15 is 0 Å². The SMILES string of the molecule is [O]c1cccc(-c2nc3ccccc3o2)c1. The van der Waals surface area contributed by atoms with E-state index in [9.17, 15) is 5.11 Å². The molecular formula is C13H8NO2. The first-order chi connectivity index (χ1) is 7.83. The lowest BCUT2D eigenvalue weighted by Crippen LogP contribution is -1.75. The zero-order chi connectivity index (χ0) is 11.0. The zero-order valence-corrected chi connectivity index (χ0v) is 8.38. The molecule has 0 spiro atoms. The number of nitrogens with zero attached hydrogens (tertiary/aromatic N) is 1. The van der Waals surface area contributed by atoms with Gasteiger partial charge < -0.3 is 4.42 Å². The Balaban J connectivity index is 2.19. The Morgan fingerprint density at radius 2 is 1.88 bits per heavy atom. The second kappa shape index (κ2) is 3.38. The highest BCUT2D eigenvalue weighted by molar-refractivity contribution is 5.76. The van der Waals surface area contributed by atoms with Crippen LogP contribution in [0.2, 0.25) is 0 Å². The molecule has 0 unspecified atom stereocenters. The van der Waals surface area contributed by atoms with Gasteiger partial charge in [0.2, 0.25) is 5.89 Å². The highest BCUT2D eigenvalue weighted by Gasteiger charge is 2.07. The fraction of sp³-hybridized carbons (Fsp3) is 0. The third kappa shape index (κ3) is 1.42. The van der Waals surface area contributed by atoms with Gasteiger partial charge in [-0.1, -0.05) is 18.2 Å². The van der Waals surface area contributed by atoms with E-state index < -0.39 is 0 Å². The second-order valence-electron chi connectivity index (χ2n) is 3.51. The Kier molecular flexibility index (Phi) is 1.90. The van der Waals surface area contributed by atoms with Crippen molar-refractivity contribution in [1.29, 1.82) is 0 Å². The van der Waals surface area contributed by atoms with E-state index in [0.29, 0.717) is 11.5 Å². The van der Waals surface area contributed by atoms with Crippen molar-refractivity contribution >= 4 is 11.1 Å². The van der Waals surface area contributed by atoms with E-state index in [1.165, 1.54) is 12.1 Å². The molecule has 0 bridgehead atoms. The largest absolute Gasteiger partial charge is 0.436 e. The summed E-state index contributed by atoms with van der Waals surface area (Å²) in [6.07, 6.45) is 0. The molecule has 0 atom stereocenters.